The predicted octanol–water partition coefficient (Wildman–Crippen LogP) is 1.98. The molecule has 3 heterocycles. The number of ketones is 1. The Bertz CT molecular complexity index is 805. The maximum atomic E-state index is 12.9. The standard InChI is InChI=1S/C18H23N3O4/c1-5-13-6-7-15(25-13)14-10-24-9-8-21(14)18(23)17(22)16-11(2)19-20(4)12(16)3/h6-7,14H,5,8-10H2,1-4H3/t14-/m0/s1. The van der Waals surface area contributed by atoms with Crippen molar-refractivity contribution < 1.29 is 18.7 Å². The van der Waals surface area contributed by atoms with Crippen molar-refractivity contribution >= 4 is 11.7 Å². The van der Waals surface area contributed by atoms with Gasteiger partial charge in [0.15, 0.2) is 0 Å². The van der Waals surface area contributed by atoms with Gasteiger partial charge in [0.2, 0.25) is 0 Å². The Hall–Kier alpha value is -2.41. The van der Waals surface area contributed by atoms with Crippen LogP contribution in [0.3, 0.4) is 0 Å². The number of furan rings is 1. The Morgan fingerprint density at radius 1 is 1.32 bits per heavy atom. The highest BCUT2D eigenvalue weighted by atomic mass is 16.5. The molecular weight excluding hydrogens is 322 g/mol. The van der Waals surface area contributed by atoms with Gasteiger partial charge in [-0.1, -0.05) is 6.92 Å². The SMILES string of the molecule is CCc1ccc([C@@H]2COCCN2C(=O)C(=O)c2c(C)nn(C)c2C)o1. The Balaban J connectivity index is 1.89. The summed E-state index contributed by atoms with van der Waals surface area (Å²) in [5.41, 5.74) is 1.63. The quantitative estimate of drug-likeness (QED) is 0.625. The van der Waals surface area contributed by atoms with Gasteiger partial charge >= 0.3 is 0 Å². The van der Waals surface area contributed by atoms with Gasteiger partial charge in [0, 0.05) is 25.7 Å². The molecule has 0 radical (unpaired) electrons. The summed E-state index contributed by atoms with van der Waals surface area (Å²) in [5, 5.41) is 4.23. The van der Waals surface area contributed by atoms with E-state index in [1.807, 2.05) is 19.1 Å². The minimum Gasteiger partial charge on any atom is -0.464 e. The van der Waals surface area contributed by atoms with E-state index in [0.717, 1.165) is 12.2 Å². The van der Waals surface area contributed by atoms with Gasteiger partial charge in [-0.05, 0) is 26.0 Å². The lowest BCUT2D eigenvalue weighted by Crippen LogP contribution is -2.46. The van der Waals surface area contributed by atoms with Crippen LogP contribution in [0.2, 0.25) is 0 Å². The Morgan fingerprint density at radius 3 is 2.68 bits per heavy atom. The van der Waals surface area contributed by atoms with E-state index in [-0.39, 0.29) is 6.04 Å². The number of aryl methyl sites for hydroxylation is 3. The van der Waals surface area contributed by atoms with Crippen molar-refractivity contribution in [1.29, 1.82) is 0 Å². The second-order valence-corrected chi connectivity index (χ2v) is 6.25. The van der Waals surface area contributed by atoms with Gasteiger partial charge in [0.25, 0.3) is 11.7 Å². The molecule has 0 unspecified atom stereocenters. The van der Waals surface area contributed by atoms with Crippen molar-refractivity contribution in [2.24, 2.45) is 7.05 Å². The van der Waals surface area contributed by atoms with Gasteiger partial charge < -0.3 is 14.1 Å². The maximum Gasteiger partial charge on any atom is 0.295 e. The fourth-order valence-corrected chi connectivity index (χ4v) is 3.19. The van der Waals surface area contributed by atoms with Crippen LogP contribution in [0.4, 0.5) is 0 Å². The van der Waals surface area contributed by atoms with E-state index in [1.165, 1.54) is 0 Å². The van der Waals surface area contributed by atoms with Gasteiger partial charge in [-0.3, -0.25) is 14.3 Å². The summed E-state index contributed by atoms with van der Waals surface area (Å²) in [6.45, 7) is 6.61. The molecule has 2 aromatic heterocycles. The van der Waals surface area contributed by atoms with Crippen LogP contribution in [0.25, 0.3) is 0 Å². The predicted molar refractivity (Wildman–Crippen MR) is 90.4 cm³/mol. The zero-order valence-corrected chi connectivity index (χ0v) is 15.0. The fraction of sp³-hybridized carbons (Fsp3) is 0.500. The van der Waals surface area contributed by atoms with E-state index in [4.69, 9.17) is 9.15 Å². The topological polar surface area (TPSA) is 77.6 Å². The number of nitrogens with zero attached hydrogens (tertiary/aromatic N) is 3. The van der Waals surface area contributed by atoms with Crippen molar-refractivity contribution in [1.82, 2.24) is 14.7 Å². The summed E-state index contributed by atoms with van der Waals surface area (Å²) in [6.07, 6.45) is 0.772. The molecule has 0 saturated carbocycles. The zero-order chi connectivity index (χ0) is 18.1. The summed E-state index contributed by atoms with van der Waals surface area (Å²) in [7, 11) is 1.76. The minimum absolute atomic E-state index is 0.320. The highest BCUT2D eigenvalue weighted by Crippen LogP contribution is 2.27. The van der Waals surface area contributed by atoms with Crippen molar-refractivity contribution in [2.75, 3.05) is 19.8 Å². The van der Waals surface area contributed by atoms with Crippen LogP contribution in [0.1, 0.15) is 46.2 Å². The molecule has 7 heteroatoms. The van der Waals surface area contributed by atoms with Crippen LogP contribution in [-0.4, -0.2) is 46.1 Å². The van der Waals surface area contributed by atoms with Crippen molar-refractivity contribution in [3.05, 3.63) is 40.6 Å². The first-order valence-electron chi connectivity index (χ1n) is 8.45. The first-order valence-corrected chi connectivity index (χ1v) is 8.45. The zero-order valence-electron chi connectivity index (χ0n) is 15.0. The van der Waals surface area contributed by atoms with E-state index in [1.54, 1.807) is 30.5 Å². The molecule has 25 heavy (non-hydrogen) atoms. The van der Waals surface area contributed by atoms with E-state index >= 15 is 0 Å². The fourth-order valence-electron chi connectivity index (χ4n) is 3.19. The number of morpholine rings is 1. The van der Waals surface area contributed by atoms with Crippen LogP contribution in [-0.2, 0) is 23.0 Å². The van der Waals surface area contributed by atoms with E-state index in [9.17, 15) is 9.59 Å². The summed E-state index contributed by atoms with van der Waals surface area (Å²) >= 11 is 0. The van der Waals surface area contributed by atoms with Crippen LogP contribution in [0, 0.1) is 13.8 Å². The lowest BCUT2D eigenvalue weighted by Gasteiger charge is -2.33. The number of amides is 1. The number of carbonyl (C=O) groups is 2. The molecule has 134 valence electrons. The van der Waals surface area contributed by atoms with Crippen LogP contribution in [0.5, 0.6) is 0 Å². The van der Waals surface area contributed by atoms with Gasteiger partial charge in [-0.15, -0.1) is 0 Å². The summed E-state index contributed by atoms with van der Waals surface area (Å²) < 4.78 is 12.9. The van der Waals surface area contributed by atoms with Gasteiger partial charge in [0.1, 0.15) is 17.6 Å². The summed E-state index contributed by atoms with van der Waals surface area (Å²) in [4.78, 5) is 27.3. The molecule has 0 aromatic carbocycles. The molecule has 1 aliphatic heterocycles. The highest BCUT2D eigenvalue weighted by Gasteiger charge is 2.36. The molecule has 0 N–H and O–H groups in total. The van der Waals surface area contributed by atoms with Gasteiger partial charge in [0.05, 0.1) is 24.5 Å². The van der Waals surface area contributed by atoms with Crippen LogP contribution >= 0.6 is 0 Å². The second-order valence-electron chi connectivity index (χ2n) is 6.25. The number of Topliss-reactive ketones (excluding diaryl/α,β-unsaturated/α-hetero) is 1. The van der Waals surface area contributed by atoms with Gasteiger partial charge in [-0.2, -0.15) is 5.10 Å². The molecule has 1 aliphatic rings. The van der Waals surface area contributed by atoms with Crippen LogP contribution < -0.4 is 0 Å². The monoisotopic (exact) mass is 345 g/mol. The number of hydrogen-bond donors (Lipinski definition) is 0. The normalized spacial score (nSPS) is 17.8. The molecule has 1 amide bonds. The first-order chi connectivity index (χ1) is 11.9. The van der Waals surface area contributed by atoms with E-state index in [2.05, 4.69) is 5.10 Å². The Morgan fingerprint density at radius 2 is 2.08 bits per heavy atom. The third-order valence-corrected chi connectivity index (χ3v) is 4.68. The Kier molecular flexibility index (Phi) is 4.76. The molecule has 0 bridgehead atoms. The number of aromatic nitrogens is 2. The highest BCUT2D eigenvalue weighted by molar-refractivity contribution is 6.43. The van der Waals surface area contributed by atoms with Crippen molar-refractivity contribution in [3.8, 4) is 0 Å². The van der Waals surface area contributed by atoms with Crippen LogP contribution in [0.15, 0.2) is 16.5 Å². The Labute approximate surface area is 146 Å². The molecule has 3 rings (SSSR count). The van der Waals surface area contributed by atoms with Crippen molar-refractivity contribution in [3.63, 3.8) is 0 Å². The van der Waals surface area contributed by atoms with Gasteiger partial charge in [-0.25, -0.2) is 0 Å². The van der Waals surface area contributed by atoms with Crippen molar-refractivity contribution in [2.45, 2.75) is 33.2 Å². The lowest BCUT2D eigenvalue weighted by molar-refractivity contribution is -0.135. The van der Waals surface area contributed by atoms with E-state index < -0.39 is 11.7 Å². The number of carbonyl (C=O) groups excluding carboxylic acids is 2. The molecule has 1 saturated heterocycles. The largest absolute Gasteiger partial charge is 0.464 e. The molecular formula is C18H23N3O4. The lowest BCUT2D eigenvalue weighted by atomic mass is 10.1. The average molecular weight is 345 g/mol. The molecule has 0 spiro atoms. The van der Waals surface area contributed by atoms with E-state index in [0.29, 0.717) is 42.5 Å². The second kappa shape index (κ2) is 6.84. The summed E-state index contributed by atoms with van der Waals surface area (Å²) in [6, 6.07) is 3.36. The first kappa shape index (κ1) is 17.4. The molecule has 1 atom stereocenters. The average Bonchev–Trinajstić information content (AvgIpc) is 3.18. The third-order valence-electron chi connectivity index (χ3n) is 4.68. The number of ether oxygens (including phenoxy) is 1. The molecule has 2 aromatic rings. The third kappa shape index (κ3) is 3.11. The number of hydrogen-bond acceptors (Lipinski definition) is 5. The summed E-state index contributed by atoms with van der Waals surface area (Å²) in [5.74, 6) is 0.426. The number of rotatable bonds is 4. The molecule has 0 aliphatic carbocycles. The molecule has 1 fully saturated rings. The minimum atomic E-state index is -0.540. The smallest absolute Gasteiger partial charge is 0.295 e. The molecule has 7 nitrogen and oxygen atoms in total. The maximum absolute atomic E-state index is 12.9.